The van der Waals surface area contributed by atoms with E-state index in [9.17, 15) is 4.79 Å². The average molecular weight is 412 g/mol. The van der Waals surface area contributed by atoms with Gasteiger partial charge >= 0.3 is 0 Å². The Bertz CT molecular complexity index is 1010. The second-order valence-corrected chi connectivity index (χ2v) is 8.41. The number of hydrogen-bond donors (Lipinski definition) is 3. The van der Waals surface area contributed by atoms with Crippen LogP contribution in [0.4, 0.5) is 5.82 Å². The van der Waals surface area contributed by atoms with Gasteiger partial charge in [-0.3, -0.25) is 4.79 Å². The number of fused-ring (bicyclic) bond motifs is 1. The van der Waals surface area contributed by atoms with Gasteiger partial charge in [0, 0.05) is 41.3 Å². The maximum atomic E-state index is 11.9. The molecule has 1 amide bonds. The van der Waals surface area contributed by atoms with Crippen molar-refractivity contribution >= 4 is 34.4 Å². The molecular weight excluding hydrogens is 386 g/mol. The molecule has 1 aliphatic rings. The summed E-state index contributed by atoms with van der Waals surface area (Å²) in [6.45, 7) is 3.85. The van der Waals surface area contributed by atoms with Crippen LogP contribution in [-0.4, -0.2) is 32.9 Å². The van der Waals surface area contributed by atoms with E-state index >= 15 is 0 Å². The summed E-state index contributed by atoms with van der Waals surface area (Å²) in [7, 11) is 0. The van der Waals surface area contributed by atoms with Gasteiger partial charge in [0.2, 0.25) is 5.91 Å². The first-order chi connectivity index (χ1) is 14.0. The lowest BCUT2D eigenvalue weighted by Gasteiger charge is -2.30. The molecule has 1 fully saturated rings. The molecule has 3 aromatic heterocycles. The first kappa shape index (κ1) is 19.7. The lowest BCUT2D eigenvalue weighted by Crippen LogP contribution is -2.41. The Balaban J connectivity index is 1.45. The van der Waals surface area contributed by atoms with Crippen LogP contribution in [0.5, 0.6) is 0 Å². The second kappa shape index (κ2) is 8.41. The van der Waals surface area contributed by atoms with Crippen LogP contribution < -0.4 is 10.6 Å². The van der Waals surface area contributed by atoms with Crippen LogP contribution in [0.2, 0.25) is 5.15 Å². The fourth-order valence-electron chi connectivity index (χ4n) is 3.88. The third-order valence-electron chi connectivity index (χ3n) is 5.51. The molecule has 7 heteroatoms. The molecule has 4 rings (SSSR count). The number of nitrogens with one attached hydrogen (secondary N) is 3. The van der Waals surface area contributed by atoms with Crippen LogP contribution in [0.3, 0.4) is 0 Å². The molecule has 0 radical (unpaired) electrons. The molecule has 3 aromatic rings. The highest BCUT2D eigenvalue weighted by Crippen LogP contribution is 2.31. The number of aromatic amines is 1. The molecule has 0 bridgehead atoms. The van der Waals surface area contributed by atoms with Crippen LogP contribution in [0.1, 0.15) is 39.5 Å². The fourth-order valence-corrected chi connectivity index (χ4v) is 4.09. The maximum absolute atomic E-state index is 11.9. The zero-order valence-electron chi connectivity index (χ0n) is 16.7. The summed E-state index contributed by atoms with van der Waals surface area (Å²) in [6.07, 6.45) is 7.65. The number of amides is 1. The Morgan fingerprint density at radius 1 is 1.21 bits per heavy atom. The molecule has 1 aliphatic carbocycles. The lowest BCUT2D eigenvalue weighted by atomic mass is 9.90. The molecular formula is C22H26ClN5O. The molecule has 0 aliphatic heterocycles. The van der Waals surface area contributed by atoms with Crippen molar-refractivity contribution in [2.24, 2.45) is 5.92 Å². The predicted molar refractivity (Wildman–Crippen MR) is 117 cm³/mol. The highest BCUT2D eigenvalue weighted by molar-refractivity contribution is 6.29. The number of nitrogens with zero attached hydrogens (tertiary/aromatic N) is 2. The van der Waals surface area contributed by atoms with Crippen molar-refractivity contribution in [1.82, 2.24) is 20.3 Å². The minimum absolute atomic E-state index is 0.0274. The first-order valence-electron chi connectivity index (χ1n) is 10.2. The van der Waals surface area contributed by atoms with Crippen molar-refractivity contribution in [3.8, 4) is 11.1 Å². The van der Waals surface area contributed by atoms with E-state index in [0.717, 1.165) is 53.7 Å². The summed E-state index contributed by atoms with van der Waals surface area (Å²) in [6, 6.07) is 8.48. The Morgan fingerprint density at radius 2 is 1.97 bits per heavy atom. The second-order valence-electron chi connectivity index (χ2n) is 8.02. The van der Waals surface area contributed by atoms with E-state index < -0.39 is 0 Å². The Kier molecular flexibility index (Phi) is 5.72. The van der Waals surface area contributed by atoms with Gasteiger partial charge in [-0.15, -0.1) is 0 Å². The highest BCUT2D eigenvalue weighted by atomic mass is 35.5. The van der Waals surface area contributed by atoms with Crippen molar-refractivity contribution in [1.29, 1.82) is 0 Å². The molecule has 3 N–H and O–H groups in total. The Hall–Kier alpha value is -2.60. The van der Waals surface area contributed by atoms with Gasteiger partial charge in [-0.05, 0) is 55.5 Å². The number of anilines is 1. The van der Waals surface area contributed by atoms with E-state index in [4.69, 9.17) is 11.6 Å². The monoisotopic (exact) mass is 411 g/mol. The normalized spacial score (nSPS) is 19.4. The number of carbonyl (C=O) groups is 1. The van der Waals surface area contributed by atoms with Crippen molar-refractivity contribution in [2.45, 2.75) is 51.6 Å². The number of H-pyrrole nitrogens is 1. The summed E-state index contributed by atoms with van der Waals surface area (Å²) >= 11 is 6.32. The number of pyridine rings is 2. The minimum Gasteiger partial charge on any atom is -0.367 e. The quantitative estimate of drug-likeness (QED) is 0.528. The number of rotatable bonds is 5. The molecule has 6 nitrogen and oxygen atoms in total. The van der Waals surface area contributed by atoms with Crippen LogP contribution in [0.25, 0.3) is 22.2 Å². The molecule has 0 aromatic carbocycles. The molecule has 0 spiro atoms. The molecule has 0 saturated heterocycles. The lowest BCUT2D eigenvalue weighted by molar-refractivity contribution is -0.124. The van der Waals surface area contributed by atoms with Gasteiger partial charge in [-0.1, -0.05) is 25.4 Å². The summed E-state index contributed by atoms with van der Waals surface area (Å²) < 4.78 is 0. The molecule has 152 valence electrons. The van der Waals surface area contributed by atoms with E-state index in [1.807, 2.05) is 44.3 Å². The smallest absolute Gasteiger partial charge is 0.222 e. The Labute approximate surface area is 175 Å². The highest BCUT2D eigenvalue weighted by Gasteiger charge is 2.23. The van der Waals surface area contributed by atoms with Gasteiger partial charge in [0.1, 0.15) is 16.6 Å². The first-order valence-corrected chi connectivity index (χ1v) is 10.5. The van der Waals surface area contributed by atoms with Crippen molar-refractivity contribution < 1.29 is 4.79 Å². The third kappa shape index (κ3) is 4.53. The number of carbonyl (C=O) groups excluding carboxylic acids is 1. The van der Waals surface area contributed by atoms with Crippen LogP contribution in [0, 0.1) is 5.92 Å². The summed E-state index contributed by atoms with van der Waals surface area (Å²) in [5, 5.41) is 8.20. The minimum atomic E-state index is 0.0274. The summed E-state index contributed by atoms with van der Waals surface area (Å²) in [5.74, 6) is 0.941. The van der Waals surface area contributed by atoms with Gasteiger partial charge in [0.05, 0.1) is 0 Å². The summed E-state index contributed by atoms with van der Waals surface area (Å²) in [5.41, 5.74) is 2.91. The van der Waals surface area contributed by atoms with Crippen LogP contribution >= 0.6 is 11.6 Å². The van der Waals surface area contributed by atoms with Crippen LogP contribution in [0.15, 0.2) is 36.7 Å². The molecule has 3 heterocycles. The van der Waals surface area contributed by atoms with Gasteiger partial charge in [-0.25, -0.2) is 9.97 Å². The van der Waals surface area contributed by atoms with E-state index in [2.05, 4.69) is 25.6 Å². The molecule has 0 unspecified atom stereocenters. The van der Waals surface area contributed by atoms with E-state index in [1.165, 1.54) is 0 Å². The van der Waals surface area contributed by atoms with E-state index in [1.54, 1.807) is 6.20 Å². The number of aromatic nitrogens is 3. The van der Waals surface area contributed by atoms with E-state index in [0.29, 0.717) is 11.2 Å². The number of hydrogen-bond acceptors (Lipinski definition) is 4. The molecule has 1 saturated carbocycles. The van der Waals surface area contributed by atoms with Crippen molar-refractivity contribution in [3.05, 3.63) is 41.8 Å². The topological polar surface area (TPSA) is 82.7 Å². The molecule has 29 heavy (non-hydrogen) atoms. The predicted octanol–water partition coefficient (Wildman–Crippen LogP) is 4.77. The standard InChI is InChI=1S/C22H26ClN5O/c1-13(2)22(29)27-16-7-5-15(6-8-16)26-20-11-14(10-19(23)28-20)18-12-25-21-17(18)4-3-9-24-21/h3-4,9-13,15-16H,5-8H2,1-2H3,(H,24,25)(H,26,28)(H,27,29). The van der Waals surface area contributed by atoms with Gasteiger partial charge < -0.3 is 15.6 Å². The van der Waals surface area contributed by atoms with Crippen molar-refractivity contribution in [2.75, 3.05) is 5.32 Å². The summed E-state index contributed by atoms with van der Waals surface area (Å²) in [4.78, 5) is 23.9. The van der Waals surface area contributed by atoms with E-state index in [-0.39, 0.29) is 17.9 Å². The average Bonchev–Trinajstić information content (AvgIpc) is 3.13. The zero-order valence-corrected chi connectivity index (χ0v) is 17.5. The fraction of sp³-hybridized carbons (Fsp3) is 0.409. The van der Waals surface area contributed by atoms with Gasteiger partial charge in [-0.2, -0.15) is 0 Å². The molecule has 0 atom stereocenters. The third-order valence-corrected chi connectivity index (χ3v) is 5.70. The van der Waals surface area contributed by atoms with Gasteiger partial charge in [0.25, 0.3) is 0 Å². The van der Waals surface area contributed by atoms with Crippen LogP contribution in [-0.2, 0) is 4.79 Å². The Morgan fingerprint density at radius 3 is 2.72 bits per heavy atom. The SMILES string of the molecule is CC(C)C(=O)NC1CCC(Nc2cc(-c3c[nH]c4ncccc34)cc(Cl)n2)CC1. The zero-order chi connectivity index (χ0) is 20.4. The number of halogens is 1. The largest absolute Gasteiger partial charge is 0.367 e. The maximum Gasteiger partial charge on any atom is 0.222 e. The van der Waals surface area contributed by atoms with Crippen molar-refractivity contribution in [3.63, 3.8) is 0 Å². The van der Waals surface area contributed by atoms with Gasteiger partial charge in [0.15, 0.2) is 0 Å².